The van der Waals surface area contributed by atoms with Gasteiger partial charge in [-0.25, -0.2) is 8.98 Å². The van der Waals surface area contributed by atoms with E-state index in [1.54, 1.807) is 42.6 Å². The molecule has 1 aromatic heterocycles. The van der Waals surface area contributed by atoms with Gasteiger partial charge >= 0.3 is 6.09 Å². The Morgan fingerprint density at radius 3 is 2.64 bits per heavy atom. The lowest BCUT2D eigenvalue weighted by Crippen LogP contribution is -2.49. The molecule has 28 heavy (non-hydrogen) atoms. The molecule has 1 saturated heterocycles. The summed E-state index contributed by atoms with van der Waals surface area (Å²) in [5, 5.41) is 0. The number of carbonyl (C=O) groups excluding carboxylic acids is 1. The van der Waals surface area contributed by atoms with Crippen LogP contribution in [-0.2, 0) is 25.6 Å². The van der Waals surface area contributed by atoms with Gasteiger partial charge in [-0.05, 0) is 48.4 Å². The van der Waals surface area contributed by atoms with Gasteiger partial charge in [0.2, 0.25) is 0 Å². The highest BCUT2D eigenvalue weighted by molar-refractivity contribution is 7.86. The number of fused-ring (bicyclic) bond motifs is 5. The van der Waals surface area contributed by atoms with E-state index in [0.29, 0.717) is 30.6 Å². The largest absolute Gasteiger partial charge is 0.444 e. The summed E-state index contributed by atoms with van der Waals surface area (Å²) in [6.45, 7) is 0.405. The molecule has 0 unspecified atom stereocenters. The number of amides is 1. The first-order chi connectivity index (χ1) is 13.0. The van der Waals surface area contributed by atoms with Gasteiger partial charge in [0.1, 0.15) is 6.61 Å². The van der Waals surface area contributed by atoms with Gasteiger partial charge in [-0.3, -0.25) is 9.88 Å². The van der Waals surface area contributed by atoms with Crippen molar-refractivity contribution >= 4 is 22.3 Å². The fraction of sp³-hybridized carbons (Fsp3) is 0.300. The number of hydrogen-bond donors (Lipinski definition) is 0. The highest BCUT2D eigenvalue weighted by Crippen LogP contribution is 2.37. The number of benzene rings is 1. The number of hydrogen-bond acceptors (Lipinski definition) is 6. The number of rotatable bonds is 2. The highest BCUT2D eigenvalue weighted by Gasteiger charge is 2.47. The van der Waals surface area contributed by atoms with Crippen LogP contribution < -0.4 is 0 Å². The fourth-order valence-electron chi connectivity index (χ4n) is 3.25. The average molecular weight is 402 g/mol. The molecule has 1 aromatic carbocycles. The molecule has 0 saturated carbocycles. The summed E-state index contributed by atoms with van der Waals surface area (Å²) >= 11 is 0. The minimum atomic E-state index is -4.08. The number of aromatic nitrogens is 1. The van der Waals surface area contributed by atoms with Gasteiger partial charge < -0.3 is 4.74 Å². The van der Waals surface area contributed by atoms with Gasteiger partial charge in [0.25, 0.3) is 10.1 Å². The Balaban J connectivity index is 0.00000225. The van der Waals surface area contributed by atoms with E-state index in [2.05, 4.69) is 4.98 Å². The second-order valence-corrected chi connectivity index (χ2v) is 7.97. The highest BCUT2D eigenvalue weighted by atomic mass is 32.2. The molecule has 148 valence electrons. The molecular weight excluding hydrogens is 380 g/mol. The monoisotopic (exact) mass is 402 g/mol. The van der Waals surface area contributed by atoms with E-state index in [1.807, 2.05) is 6.07 Å². The third-order valence-electron chi connectivity index (χ3n) is 4.62. The van der Waals surface area contributed by atoms with Crippen molar-refractivity contribution in [2.75, 3.05) is 6.54 Å². The molecule has 2 aromatic rings. The molecule has 2 bridgehead atoms. The number of pyridine rings is 1. The Kier molecular flexibility index (Phi) is 5.53. The molecule has 5 rings (SSSR count). The van der Waals surface area contributed by atoms with Crippen molar-refractivity contribution < 1.29 is 22.1 Å². The predicted molar refractivity (Wildman–Crippen MR) is 104 cm³/mol. The summed E-state index contributed by atoms with van der Waals surface area (Å²) in [4.78, 5) is 18.2. The van der Waals surface area contributed by atoms with Crippen LogP contribution in [0.1, 0.15) is 31.5 Å². The van der Waals surface area contributed by atoms with Gasteiger partial charge in [0, 0.05) is 19.2 Å². The molecular formula is C20H22N2O5S. The Hall–Kier alpha value is -2.71. The summed E-state index contributed by atoms with van der Waals surface area (Å²) in [6, 6.07) is 11.5. The molecule has 4 heterocycles. The Labute approximate surface area is 164 Å². The Morgan fingerprint density at radius 1 is 1.14 bits per heavy atom. The maximum atomic E-state index is 12.9. The fourth-order valence-corrected chi connectivity index (χ4v) is 4.43. The van der Waals surface area contributed by atoms with Gasteiger partial charge in [-0.2, -0.15) is 8.42 Å². The standard InChI is InChI=1S/C19H18N2O5S.CH4/c22-18-21-13-3-10-19(21,11-9-16-4-1-2-12-20-16)26-27(23,24)17-7-5-15(6-8-17)14-25-18;/h1-2,4-9,11-12H,3,10,13-14H2;1H4/t19-;/m0./s1. The number of nitrogens with zero attached hydrogens (tertiary/aromatic N) is 2. The zero-order chi connectivity index (χ0) is 18.9. The molecule has 0 N–H and O–H groups in total. The van der Waals surface area contributed by atoms with Gasteiger partial charge in [0.15, 0.2) is 5.72 Å². The zero-order valence-electron chi connectivity index (χ0n) is 14.4. The lowest BCUT2D eigenvalue weighted by atomic mass is 10.1. The lowest BCUT2D eigenvalue weighted by molar-refractivity contribution is -0.0101. The summed E-state index contributed by atoms with van der Waals surface area (Å²) in [5.41, 5.74) is -0.112. The van der Waals surface area contributed by atoms with Crippen LogP contribution in [0.3, 0.4) is 0 Å². The van der Waals surface area contributed by atoms with Crippen LogP contribution in [0, 0.1) is 0 Å². The van der Waals surface area contributed by atoms with Crippen molar-refractivity contribution in [3.8, 4) is 0 Å². The molecule has 0 spiro atoms. The van der Waals surface area contributed by atoms with E-state index in [9.17, 15) is 13.2 Å². The normalized spacial score (nSPS) is 23.6. The van der Waals surface area contributed by atoms with E-state index in [-0.39, 0.29) is 18.9 Å². The predicted octanol–water partition coefficient (Wildman–Crippen LogP) is 3.58. The summed E-state index contributed by atoms with van der Waals surface area (Å²) < 4.78 is 36.7. The van der Waals surface area contributed by atoms with Crippen LogP contribution in [0.4, 0.5) is 4.79 Å². The van der Waals surface area contributed by atoms with E-state index in [4.69, 9.17) is 8.92 Å². The molecule has 8 heteroatoms. The number of ether oxygens (including phenoxy) is 1. The quantitative estimate of drug-likeness (QED) is 0.714. The van der Waals surface area contributed by atoms with Crippen LogP contribution >= 0.6 is 0 Å². The molecule has 3 aliphatic rings. The Morgan fingerprint density at radius 2 is 1.93 bits per heavy atom. The summed E-state index contributed by atoms with van der Waals surface area (Å²) in [5.74, 6) is 0. The molecule has 0 radical (unpaired) electrons. The average Bonchev–Trinajstić information content (AvgIpc) is 3.08. The van der Waals surface area contributed by atoms with E-state index >= 15 is 0 Å². The van der Waals surface area contributed by atoms with Gasteiger partial charge in [-0.15, -0.1) is 0 Å². The number of carbonyl (C=O) groups is 1. The van der Waals surface area contributed by atoms with Gasteiger partial charge in [-0.1, -0.05) is 25.6 Å². The van der Waals surface area contributed by atoms with Crippen molar-refractivity contribution in [3.63, 3.8) is 0 Å². The second-order valence-electron chi connectivity index (χ2n) is 6.42. The van der Waals surface area contributed by atoms with Crippen molar-refractivity contribution in [2.45, 2.75) is 37.5 Å². The van der Waals surface area contributed by atoms with Crippen molar-refractivity contribution in [1.82, 2.24) is 9.88 Å². The second kappa shape index (κ2) is 7.73. The van der Waals surface area contributed by atoms with Crippen LogP contribution in [0.25, 0.3) is 6.08 Å². The van der Waals surface area contributed by atoms with E-state index in [0.717, 1.165) is 0 Å². The topological polar surface area (TPSA) is 85.8 Å². The summed E-state index contributed by atoms with van der Waals surface area (Å²) in [7, 11) is -4.08. The third kappa shape index (κ3) is 3.79. The third-order valence-corrected chi connectivity index (χ3v) is 5.98. The van der Waals surface area contributed by atoms with E-state index < -0.39 is 21.9 Å². The van der Waals surface area contributed by atoms with E-state index in [1.165, 1.54) is 17.0 Å². The van der Waals surface area contributed by atoms with Gasteiger partial charge in [0.05, 0.1) is 10.6 Å². The molecule has 1 atom stereocenters. The first-order valence-electron chi connectivity index (χ1n) is 8.58. The maximum absolute atomic E-state index is 12.9. The summed E-state index contributed by atoms with van der Waals surface area (Å²) in [6.07, 6.45) is 5.18. The molecule has 1 fully saturated rings. The molecule has 7 nitrogen and oxygen atoms in total. The smallest absolute Gasteiger partial charge is 0.412 e. The minimum absolute atomic E-state index is 0. The van der Waals surface area contributed by atoms with Crippen LogP contribution in [0.15, 0.2) is 59.6 Å². The SMILES string of the molecule is C.O=C1OCc2ccc(cc2)S(=O)(=O)O[C@]2(C=Cc3ccccn3)CCCN12. The van der Waals surface area contributed by atoms with Crippen LogP contribution in [-0.4, -0.2) is 36.7 Å². The minimum Gasteiger partial charge on any atom is -0.444 e. The van der Waals surface area contributed by atoms with Crippen molar-refractivity contribution in [3.05, 3.63) is 66.0 Å². The lowest BCUT2D eigenvalue weighted by Gasteiger charge is -2.34. The first-order valence-corrected chi connectivity index (χ1v) is 9.99. The molecule has 3 aliphatic heterocycles. The zero-order valence-corrected chi connectivity index (χ0v) is 15.3. The molecule has 0 aliphatic carbocycles. The Bertz CT molecular complexity index is 973. The van der Waals surface area contributed by atoms with Crippen molar-refractivity contribution in [2.24, 2.45) is 0 Å². The maximum Gasteiger partial charge on any atom is 0.412 e. The molecule has 1 amide bonds. The van der Waals surface area contributed by atoms with Crippen LogP contribution in [0.5, 0.6) is 0 Å². The first kappa shape index (κ1) is 20.0. The van der Waals surface area contributed by atoms with Crippen LogP contribution in [0.2, 0.25) is 0 Å². The van der Waals surface area contributed by atoms with Crippen molar-refractivity contribution in [1.29, 1.82) is 0 Å².